The molecule has 1 aromatic rings. The highest BCUT2D eigenvalue weighted by Crippen LogP contribution is 2.28. The van der Waals surface area contributed by atoms with Crippen molar-refractivity contribution in [2.45, 2.75) is 45.7 Å². The van der Waals surface area contributed by atoms with Crippen LogP contribution in [0.15, 0.2) is 0 Å². The Morgan fingerprint density at radius 3 is 2.84 bits per heavy atom. The van der Waals surface area contributed by atoms with Gasteiger partial charge in [0.15, 0.2) is 5.13 Å². The number of thiazole rings is 1. The summed E-state index contributed by atoms with van der Waals surface area (Å²) in [6.07, 6.45) is 3.39. The van der Waals surface area contributed by atoms with E-state index in [9.17, 15) is 0 Å². The second-order valence-corrected chi connectivity index (χ2v) is 6.20. The fourth-order valence-electron chi connectivity index (χ4n) is 2.33. The van der Waals surface area contributed by atoms with Crippen LogP contribution in [0.25, 0.3) is 0 Å². The van der Waals surface area contributed by atoms with Gasteiger partial charge < -0.3 is 15.0 Å². The molecule has 1 saturated heterocycles. The topological polar surface area (TPSA) is 37.4 Å². The maximum atomic E-state index is 5.43. The summed E-state index contributed by atoms with van der Waals surface area (Å²) < 4.78 is 5.43. The van der Waals surface area contributed by atoms with Gasteiger partial charge in [0.1, 0.15) is 0 Å². The fraction of sp³-hybridized carbons (Fsp3) is 0.786. The van der Waals surface area contributed by atoms with E-state index in [1.54, 1.807) is 0 Å². The third-order valence-electron chi connectivity index (χ3n) is 3.63. The molecule has 1 aliphatic rings. The fourth-order valence-corrected chi connectivity index (χ4v) is 3.40. The molecule has 0 saturated carbocycles. The monoisotopic (exact) mass is 283 g/mol. The van der Waals surface area contributed by atoms with Gasteiger partial charge in [-0.1, -0.05) is 6.92 Å². The molecule has 1 aliphatic heterocycles. The molecule has 19 heavy (non-hydrogen) atoms. The molecule has 108 valence electrons. The maximum absolute atomic E-state index is 5.43. The van der Waals surface area contributed by atoms with E-state index in [-0.39, 0.29) is 0 Å². The first kappa shape index (κ1) is 14.8. The lowest BCUT2D eigenvalue weighted by Gasteiger charge is -2.30. The zero-order valence-corrected chi connectivity index (χ0v) is 13.1. The molecule has 0 aliphatic carbocycles. The quantitative estimate of drug-likeness (QED) is 0.814. The second kappa shape index (κ2) is 7.22. The van der Waals surface area contributed by atoms with E-state index in [0.717, 1.165) is 44.3 Å². The number of nitrogens with one attached hydrogen (secondary N) is 1. The van der Waals surface area contributed by atoms with Crippen molar-refractivity contribution < 1.29 is 4.74 Å². The van der Waals surface area contributed by atoms with Crippen molar-refractivity contribution in [1.82, 2.24) is 10.3 Å². The van der Waals surface area contributed by atoms with Crippen molar-refractivity contribution in [2.24, 2.45) is 0 Å². The average Bonchev–Trinajstić information content (AvgIpc) is 2.81. The van der Waals surface area contributed by atoms with Crippen LogP contribution in [0.2, 0.25) is 0 Å². The van der Waals surface area contributed by atoms with Gasteiger partial charge in [0.05, 0.1) is 5.69 Å². The van der Waals surface area contributed by atoms with Gasteiger partial charge in [-0.3, -0.25) is 0 Å². The number of anilines is 1. The largest absolute Gasteiger partial charge is 0.381 e. The van der Waals surface area contributed by atoms with Gasteiger partial charge in [0.2, 0.25) is 0 Å². The minimum Gasteiger partial charge on any atom is -0.381 e. The van der Waals surface area contributed by atoms with Crippen molar-refractivity contribution in [2.75, 3.05) is 31.7 Å². The van der Waals surface area contributed by atoms with Crippen LogP contribution >= 0.6 is 11.3 Å². The third kappa shape index (κ3) is 3.91. The van der Waals surface area contributed by atoms with Gasteiger partial charge in [-0.25, -0.2) is 4.98 Å². The molecule has 4 nitrogen and oxygen atoms in total. The van der Waals surface area contributed by atoms with Gasteiger partial charge in [-0.05, 0) is 32.7 Å². The summed E-state index contributed by atoms with van der Waals surface area (Å²) >= 11 is 1.82. The van der Waals surface area contributed by atoms with Crippen LogP contribution in [0.1, 0.15) is 36.8 Å². The number of rotatable bonds is 6. The van der Waals surface area contributed by atoms with Crippen LogP contribution < -0.4 is 10.2 Å². The van der Waals surface area contributed by atoms with Crippen molar-refractivity contribution in [3.8, 4) is 0 Å². The number of hydrogen-bond acceptors (Lipinski definition) is 5. The molecule has 5 heteroatoms. The highest BCUT2D eigenvalue weighted by Gasteiger charge is 2.21. The molecule has 1 N–H and O–H groups in total. The van der Waals surface area contributed by atoms with Crippen LogP contribution in [0, 0.1) is 6.92 Å². The molecule has 0 spiro atoms. The van der Waals surface area contributed by atoms with Crippen LogP contribution in [0.4, 0.5) is 5.13 Å². The first-order valence-corrected chi connectivity index (χ1v) is 8.01. The van der Waals surface area contributed by atoms with Crippen LogP contribution in [0.5, 0.6) is 0 Å². The second-order valence-electron chi connectivity index (χ2n) is 5.14. The Kier molecular flexibility index (Phi) is 5.60. The summed E-state index contributed by atoms with van der Waals surface area (Å²) in [5.41, 5.74) is 1.17. The lowest BCUT2D eigenvalue weighted by molar-refractivity contribution is 0.0855. The highest BCUT2D eigenvalue weighted by molar-refractivity contribution is 7.15. The lowest BCUT2D eigenvalue weighted by Crippen LogP contribution is -2.36. The van der Waals surface area contributed by atoms with Crippen molar-refractivity contribution in [3.63, 3.8) is 0 Å². The van der Waals surface area contributed by atoms with E-state index < -0.39 is 0 Å². The molecule has 2 heterocycles. The predicted octanol–water partition coefficient (Wildman–Crippen LogP) is 2.57. The van der Waals surface area contributed by atoms with E-state index in [1.807, 2.05) is 11.3 Å². The molecule has 1 aromatic heterocycles. The summed E-state index contributed by atoms with van der Waals surface area (Å²) in [6, 6.07) is 0.579. The summed E-state index contributed by atoms with van der Waals surface area (Å²) in [5, 5.41) is 4.61. The predicted molar refractivity (Wildman–Crippen MR) is 81.1 cm³/mol. The molecule has 1 fully saturated rings. The van der Waals surface area contributed by atoms with Crippen molar-refractivity contribution in [3.05, 3.63) is 10.6 Å². The molecule has 0 aromatic carbocycles. The molecule has 0 radical (unpaired) electrons. The van der Waals surface area contributed by atoms with Gasteiger partial charge in [-0.2, -0.15) is 0 Å². The Morgan fingerprint density at radius 2 is 2.16 bits per heavy atom. The van der Waals surface area contributed by atoms with Crippen LogP contribution in [0.3, 0.4) is 0 Å². The van der Waals surface area contributed by atoms with Gasteiger partial charge in [0.25, 0.3) is 0 Å². The molecule has 0 amide bonds. The Balaban J connectivity index is 1.97. The maximum Gasteiger partial charge on any atom is 0.185 e. The molecule has 0 atom stereocenters. The number of aryl methyl sites for hydroxylation is 1. The third-order valence-corrected chi connectivity index (χ3v) is 4.88. The zero-order valence-electron chi connectivity index (χ0n) is 12.2. The molecule has 0 bridgehead atoms. The summed E-state index contributed by atoms with van der Waals surface area (Å²) in [6.45, 7) is 8.08. The minimum atomic E-state index is 0.579. The van der Waals surface area contributed by atoms with Gasteiger partial charge in [0, 0.05) is 37.7 Å². The molecular weight excluding hydrogens is 258 g/mol. The number of nitrogens with zero attached hydrogens (tertiary/aromatic N) is 2. The van der Waals surface area contributed by atoms with E-state index in [2.05, 4.69) is 31.1 Å². The number of hydrogen-bond donors (Lipinski definition) is 1. The summed E-state index contributed by atoms with van der Waals surface area (Å²) in [7, 11) is 2.16. The number of ether oxygens (including phenoxy) is 1. The van der Waals surface area contributed by atoms with E-state index >= 15 is 0 Å². The van der Waals surface area contributed by atoms with E-state index in [4.69, 9.17) is 9.72 Å². The summed E-state index contributed by atoms with van der Waals surface area (Å²) in [4.78, 5) is 8.43. The molecular formula is C14H25N3OS. The number of aromatic nitrogens is 1. The van der Waals surface area contributed by atoms with Crippen LogP contribution in [-0.4, -0.2) is 37.8 Å². The SMILES string of the molecule is CCCNCc1sc(N(C)C2CCOCC2)nc1C. The highest BCUT2D eigenvalue weighted by atomic mass is 32.1. The summed E-state index contributed by atoms with van der Waals surface area (Å²) in [5.74, 6) is 0. The Bertz CT molecular complexity index is 388. The van der Waals surface area contributed by atoms with Gasteiger partial charge >= 0.3 is 0 Å². The van der Waals surface area contributed by atoms with Crippen molar-refractivity contribution >= 4 is 16.5 Å². The molecule has 2 rings (SSSR count). The molecule has 0 unspecified atom stereocenters. The smallest absolute Gasteiger partial charge is 0.185 e. The Labute approximate surface area is 120 Å². The van der Waals surface area contributed by atoms with Crippen molar-refractivity contribution in [1.29, 1.82) is 0 Å². The minimum absolute atomic E-state index is 0.579. The van der Waals surface area contributed by atoms with E-state index in [0.29, 0.717) is 6.04 Å². The van der Waals surface area contributed by atoms with E-state index in [1.165, 1.54) is 17.0 Å². The first-order valence-electron chi connectivity index (χ1n) is 7.20. The average molecular weight is 283 g/mol. The van der Waals surface area contributed by atoms with Gasteiger partial charge in [-0.15, -0.1) is 11.3 Å². The lowest BCUT2D eigenvalue weighted by atomic mass is 10.1. The Morgan fingerprint density at radius 1 is 1.42 bits per heavy atom. The zero-order chi connectivity index (χ0) is 13.7. The normalized spacial score (nSPS) is 16.8. The Hall–Kier alpha value is -0.650. The standard InChI is InChI=1S/C14H25N3OS/c1-4-7-15-10-13-11(2)16-14(19-13)17(3)12-5-8-18-9-6-12/h12,15H,4-10H2,1-3H3. The first-order chi connectivity index (χ1) is 9.22. The van der Waals surface area contributed by atoms with Crippen LogP contribution in [-0.2, 0) is 11.3 Å².